The highest BCUT2D eigenvalue weighted by molar-refractivity contribution is 7.87. The third-order valence-corrected chi connectivity index (χ3v) is 6.72. The Labute approximate surface area is 144 Å². The fourth-order valence-corrected chi connectivity index (χ4v) is 4.99. The van der Waals surface area contributed by atoms with Crippen LogP contribution in [0.3, 0.4) is 0 Å². The lowest BCUT2D eigenvalue weighted by atomic mass is 9.84. The van der Waals surface area contributed by atoms with E-state index < -0.39 is 38.6 Å². The predicted octanol–water partition coefficient (Wildman–Crippen LogP) is -0.165. The van der Waals surface area contributed by atoms with Crippen LogP contribution in [0.1, 0.15) is 38.5 Å². The Morgan fingerprint density at radius 2 is 1.48 bits per heavy atom. The molecule has 0 aromatic heterocycles. The van der Waals surface area contributed by atoms with Crippen molar-refractivity contribution in [3.8, 4) is 0 Å². The van der Waals surface area contributed by atoms with Gasteiger partial charge in [0.05, 0.1) is 0 Å². The summed E-state index contributed by atoms with van der Waals surface area (Å²) in [5.74, 6) is -2.19. The van der Waals surface area contributed by atoms with Crippen LogP contribution in [-0.4, -0.2) is 57.8 Å². The lowest BCUT2D eigenvalue weighted by molar-refractivity contribution is -0.144. The second kappa shape index (κ2) is 6.03. The molecule has 1 aliphatic carbocycles. The van der Waals surface area contributed by atoms with Crippen LogP contribution in [0.5, 0.6) is 0 Å². The first kappa shape index (κ1) is 17.7. The minimum absolute atomic E-state index is 0.0675. The number of hydrogen-bond acceptors (Lipinski definition) is 6. The van der Waals surface area contributed by atoms with Crippen LogP contribution in [0.15, 0.2) is 12.2 Å². The van der Waals surface area contributed by atoms with E-state index in [1.165, 1.54) is 12.2 Å². The first-order chi connectivity index (χ1) is 11.7. The Hall–Kier alpha value is -2.07. The zero-order valence-electron chi connectivity index (χ0n) is 13.4. The van der Waals surface area contributed by atoms with Gasteiger partial charge in [-0.1, -0.05) is 0 Å². The third kappa shape index (κ3) is 2.89. The van der Waals surface area contributed by atoms with Gasteiger partial charge in [-0.05, 0) is 31.6 Å². The third-order valence-electron chi connectivity index (χ3n) is 5.17. The number of rotatable bonds is 4. The Balaban J connectivity index is 1.77. The number of amides is 4. The van der Waals surface area contributed by atoms with Crippen LogP contribution in [0.2, 0.25) is 0 Å². The van der Waals surface area contributed by atoms with Crippen molar-refractivity contribution in [1.29, 1.82) is 0 Å². The summed E-state index contributed by atoms with van der Waals surface area (Å²) in [5.41, 5.74) is 0. The molecule has 2 aliphatic heterocycles. The normalized spacial score (nSPS) is 30.7. The number of carbonyl (C=O) groups is 4. The molecule has 3 aliphatic rings. The molecule has 0 aromatic rings. The Kier molecular flexibility index (Phi) is 4.28. The van der Waals surface area contributed by atoms with Gasteiger partial charge in [0.15, 0.2) is 4.87 Å². The average molecular weight is 370 g/mol. The summed E-state index contributed by atoms with van der Waals surface area (Å²) in [6.45, 7) is 0.147. The van der Waals surface area contributed by atoms with E-state index in [1.807, 2.05) is 0 Å². The second-order valence-electron chi connectivity index (χ2n) is 6.61. The van der Waals surface area contributed by atoms with E-state index in [-0.39, 0.29) is 51.0 Å². The van der Waals surface area contributed by atoms with Gasteiger partial charge in [0.25, 0.3) is 21.9 Å². The van der Waals surface area contributed by atoms with Crippen molar-refractivity contribution in [1.82, 2.24) is 9.80 Å². The van der Waals surface area contributed by atoms with E-state index in [0.29, 0.717) is 4.90 Å². The lowest BCUT2D eigenvalue weighted by Gasteiger charge is -2.42. The fourth-order valence-electron chi connectivity index (χ4n) is 3.81. The summed E-state index contributed by atoms with van der Waals surface area (Å²) in [5, 5.41) is 0. The standard InChI is InChI=1S/C15H18N2O7S/c18-11-1-2-12(19)16(11)9-10-5-7-15(8-6-10,25(22,23)24)17-13(20)3-4-14(17)21/h1-2,10H,3-9H2,(H,22,23,24). The molecule has 136 valence electrons. The second-order valence-corrected chi connectivity index (χ2v) is 8.32. The van der Waals surface area contributed by atoms with Gasteiger partial charge in [-0.3, -0.25) is 33.5 Å². The molecule has 0 unspecified atom stereocenters. The molecule has 1 N–H and O–H groups in total. The monoisotopic (exact) mass is 370 g/mol. The van der Waals surface area contributed by atoms with Crippen molar-refractivity contribution in [2.75, 3.05) is 6.54 Å². The summed E-state index contributed by atoms with van der Waals surface area (Å²) in [7, 11) is -4.68. The van der Waals surface area contributed by atoms with Crippen LogP contribution < -0.4 is 0 Å². The topological polar surface area (TPSA) is 129 Å². The lowest BCUT2D eigenvalue weighted by Crippen LogP contribution is -2.58. The van der Waals surface area contributed by atoms with Crippen molar-refractivity contribution in [2.45, 2.75) is 43.4 Å². The zero-order valence-corrected chi connectivity index (χ0v) is 14.2. The van der Waals surface area contributed by atoms with Crippen molar-refractivity contribution in [3.05, 3.63) is 12.2 Å². The summed E-state index contributed by atoms with van der Waals surface area (Å²) in [6, 6.07) is 0. The summed E-state index contributed by atoms with van der Waals surface area (Å²) in [4.78, 5) is 47.1. The molecule has 25 heavy (non-hydrogen) atoms. The van der Waals surface area contributed by atoms with Crippen LogP contribution in [0.4, 0.5) is 0 Å². The molecule has 1 saturated carbocycles. The van der Waals surface area contributed by atoms with Gasteiger partial charge < -0.3 is 0 Å². The van der Waals surface area contributed by atoms with Gasteiger partial charge in [-0.25, -0.2) is 0 Å². The number of nitrogens with zero attached hydrogens (tertiary/aromatic N) is 2. The van der Waals surface area contributed by atoms with Gasteiger partial charge in [-0.15, -0.1) is 0 Å². The van der Waals surface area contributed by atoms with Crippen molar-refractivity contribution in [2.24, 2.45) is 5.92 Å². The SMILES string of the molecule is O=C1C=CC(=O)N1CC1CCC(N2C(=O)CCC2=O)(S(=O)(=O)O)CC1. The van der Waals surface area contributed by atoms with Gasteiger partial charge >= 0.3 is 0 Å². The van der Waals surface area contributed by atoms with Crippen molar-refractivity contribution in [3.63, 3.8) is 0 Å². The highest BCUT2D eigenvalue weighted by atomic mass is 32.2. The fraction of sp³-hybridized carbons (Fsp3) is 0.600. The molecule has 0 spiro atoms. The highest BCUT2D eigenvalue weighted by Gasteiger charge is 2.56. The van der Waals surface area contributed by atoms with E-state index in [2.05, 4.69) is 0 Å². The van der Waals surface area contributed by atoms with Crippen LogP contribution >= 0.6 is 0 Å². The maximum Gasteiger partial charge on any atom is 0.289 e. The molecular formula is C15H18N2O7S. The average Bonchev–Trinajstić information content (AvgIpc) is 3.03. The van der Waals surface area contributed by atoms with Gasteiger partial charge in [-0.2, -0.15) is 8.42 Å². The quantitative estimate of drug-likeness (QED) is 0.537. The molecule has 0 atom stereocenters. The Morgan fingerprint density at radius 1 is 1.00 bits per heavy atom. The van der Waals surface area contributed by atoms with Gasteiger partial charge in [0.2, 0.25) is 11.8 Å². The maximum atomic E-state index is 12.0. The Morgan fingerprint density at radius 3 is 1.92 bits per heavy atom. The first-order valence-electron chi connectivity index (χ1n) is 8.02. The summed E-state index contributed by atoms with van der Waals surface area (Å²) >= 11 is 0. The number of likely N-dealkylation sites (tertiary alicyclic amines) is 1. The van der Waals surface area contributed by atoms with Crippen molar-refractivity contribution >= 4 is 33.7 Å². The minimum Gasteiger partial charge on any atom is -0.284 e. The van der Waals surface area contributed by atoms with E-state index in [4.69, 9.17) is 0 Å². The Bertz CT molecular complexity index is 744. The first-order valence-corrected chi connectivity index (χ1v) is 9.46. The zero-order chi connectivity index (χ0) is 18.4. The molecule has 3 rings (SSSR count). The minimum atomic E-state index is -4.68. The van der Waals surface area contributed by atoms with Gasteiger partial charge in [0.1, 0.15) is 0 Å². The van der Waals surface area contributed by atoms with E-state index in [0.717, 1.165) is 4.90 Å². The van der Waals surface area contributed by atoms with E-state index >= 15 is 0 Å². The van der Waals surface area contributed by atoms with Crippen LogP contribution in [0.25, 0.3) is 0 Å². The smallest absolute Gasteiger partial charge is 0.284 e. The van der Waals surface area contributed by atoms with Crippen LogP contribution in [0, 0.1) is 5.92 Å². The highest BCUT2D eigenvalue weighted by Crippen LogP contribution is 2.42. The molecular weight excluding hydrogens is 352 g/mol. The predicted molar refractivity (Wildman–Crippen MR) is 83.2 cm³/mol. The molecule has 9 nitrogen and oxygen atoms in total. The van der Waals surface area contributed by atoms with Crippen molar-refractivity contribution < 1.29 is 32.1 Å². The largest absolute Gasteiger partial charge is 0.289 e. The summed E-state index contributed by atoms with van der Waals surface area (Å²) < 4.78 is 33.8. The molecule has 4 amide bonds. The van der Waals surface area contributed by atoms with E-state index in [1.54, 1.807) is 0 Å². The van der Waals surface area contributed by atoms with E-state index in [9.17, 15) is 32.1 Å². The maximum absolute atomic E-state index is 12.0. The number of imide groups is 2. The van der Waals surface area contributed by atoms with Crippen LogP contribution in [-0.2, 0) is 29.3 Å². The molecule has 2 heterocycles. The molecule has 10 heteroatoms. The molecule has 0 bridgehead atoms. The van der Waals surface area contributed by atoms with Gasteiger partial charge in [0, 0.05) is 31.5 Å². The molecule has 0 aromatic carbocycles. The number of hydrogen-bond donors (Lipinski definition) is 1. The summed E-state index contributed by atoms with van der Waals surface area (Å²) in [6.07, 6.45) is 2.51. The number of carbonyl (C=O) groups excluding carboxylic acids is 4. The molecule has 0 radical (unpaired) electrons. The molecule has 1 saturated heterocycles. The molecule has 2 fully saturated rings.